The fraction of sp³-hybridized carbons (Fsp3) is 0.600. The third kappa shape index (κ3) is 2.71. The SMILES string of the molecule is C/C=C/C=C/c1cc(=O)c2c(o1)O[C@]1(C)CC[C@@]3(O)C(C)(C)C(=O)CC[C@]3(C)[C@H]1C2. The van der Waals surface area contributed by atoms with Crippen molar-refractivity contribution in [3.63, 3.8) is 0 Å². The van der Waals surface area contributed by atoms with Gasteiger partial charge in [0.2, 0.25) is 0 Å². The van der Waals surface area contributed by atoms with Crippen LogP contribution in [0.25, 0.3) is 6.08 Å². The molecule has 5 nitrogen and oxygen atoms in total. The Kier molecular flexibility index (Phi) is 4.70. The van der Waals surface area contributed by atoms with E-state index in [4.69, 9.17) is 9.15 Å². The van der Waals surface area contributed by atoms with Gasteiger partial charge in [-0.2, -0.15) is 0 Å². The zero-order chi connectivity index (χ0) is 21.9. The van der Waals surface area contributed by atoms with Crippen molar-refractivity contribution in [3.05, 3.63) is 45.8 Å². The lowest BCUT2D eigenvalue weighted by Crippen LogP contribution is -2.72. The number of ether oxygens (including phenoxy) is 1. The molecule has 4 atom stereocenters. The Morgan fingerprint density at radius 3 is 2.53 bits per heavy atom. The first-order valence-electron chi connectivity index (χ1n) is 10.9. The summed E-state index contributed by atoms with van der Waals surface area (Å²) < 4.78 is 12.3. The molecule has 1 aliphatic heterocycles. The molecule has 2 fully saturated rings. The summed E-state index contributed by atoms with van der Waals surface area (Å²) in [4.78, 5) is 25.6. The second kappa shape index (κ2) is 6.68. The maximum atomic E-state index is 12.9. The van der Waals surface area contributed by atoms with Gasteiger partial charge in [0.25, 0.3) is 5.95 Å². The monoisotopic (exact) mass is 412 g/mol. The van der Waals surface area contributed by atoms with Gasteiger partial charge < -0.3 is 14.3 Å². The lowest BCUT2D eigenvalue weighted by atomic mass is 9.42. The maximum absolute atomic E-state index is 12.9. The number of fused-ring (bicyclic) bond motifs is 4. The van der Waals surface area contributed by atoms with Crippen molar-refractivity contribution in [1.82, 2.24) is 0 Å². The molecule has 2 heterocycles. The van der Waals surface area contributed by atoms with Crippen LogP contribution < -0.4 is 10.2 Å². The Labute approximate surface area is 177 Å². The van der Waals surface area contributed by atoms with Gasteiger partial charge in [-0.25, -0.2) is 0 Å². The first-order valence-corrected chi connectivity index (χ1v) is 10.9. The van der Waals surface area contributed by atoms with Gasteiger partial charge in [-0.3, -0.25) is 9.59 Å². The summed E-state index contributed by atoms with van der Waals surface area (Å²) in [7, 11) is 0. The minimum Gasteiger partial charge on any atom is -0.458 e. The highest BCUT2D eigenvalue weighted by atomic mass is 16.6. The lowest BCUT2D eigenvalue weighted by molar-refractivity contribution is -0.256. The molecule has 2 saturated carbocycles. The van der Waals surface area contributed by atoms with E-state index in [1.807, 2.05) is 39.0 Å². The van der Waals surface area contributed by atoms with Gasteiger partial charge >= 0.3 is 0 Å². The summed E-state index contributed by atoms with van der Waals surface area (Å²) in [6.45, 7) is 9.78. The Morgan fingerprint density at radius 1 is 1.10 bits per heavy atom. The van der Waals surface area contributed by atoms with Crippen LogP contribution in [0.15, 0.2) is 33.5 Å². The molecule has 3 aliphatic rings. The van der Waals surface area contributed by atoms with Gasteiger partial charge in [0, 0.05) is 23.8 Å². The number of allylic oxidation sites excluding steroid dienone is 3. The molecule has 0 saturated heterocycles. The number of hydrogen-bond donors (Lipinski definition) is 1. The van der Waals surface area contributed by atoms with Crippen molar-refractivity contribution >= 4 is 11.9 Å². The quantitative estimate of drug-likeness (QED) is 0.726. The molecular weight excluding hydrogens is 380 g/mol. The third-order valence-corrected chi connectivity index (χ3v) is 8.36. The van der Waals surface area contributed by atoms with Crippen molar-refractivity contribution in [2.24, 2.45) is 16.7 Å². The molecule has 1 N–H and O–H groups in total. The van der Waals surface area contributed by atoms with Crippen molar-refractivity contribution in [2.45, 2.75) is 77.9 Å². The highest BCUT2D eigenvalue weighted by Gasteiger charge is 2.70. The van der Waals surface area contributed by atoms with Crippen LogP contribution in [-0.4, -0.2) is 22.1 Å². The molecule has 30 heavy (non-hydrogen) atoms. The number of rotatable bonds is 2. The molecule has 0 radical (unpaired) electrons. The van der Waals surface area contributed by atoms with Crippen LogP contribution in [0.3, 0.4) is 0 Å². The average Bonchev–Trinajstić information content (AvgIpc) is 2.67. The summed E-state index contributed by atoms with van der Waals surface area (Å²) in [5.41, 5.74) is -2.63. The highest BCUT2D eigenvalue weighted by molar-refractivity contribution is 5.86. The van der Waals surface area contributed by atoms with Crippen molar-refractivity contribution in [2.75, 3.05) is 0 Å². The Morgan fingerprint density at radius 2 is 1.83 bits per heavy atom. The van der Waals surface area contributed by atoms with E-state index in [0.717, 1.165) is 0 Å². The van der Waals surface area contributed by atoms with E-state index < -0.39 is 22.0 Å². The minimum atomic E-state index is -1.13. The van der Waals surface area contributed by atoms with Crippen molar-refractivity contribution in [3.8, 4) is 5.95 Å². The molecule has 0 unspecified atom stereocenters. The van der Waals surface area contributed by atoms with Gasteiger partial charge in [0.15, 0.2) is 5.43 Å². The van der Waals surface area contributed by atoms with Gasteiger partial charge in [0.05, 0.1) is 16.6 Å². The summed E-state index contributed by atoms with van der Waals surface area (Å²) in [5.74, 6) is 0.777. The van der Waals surface area contributed by atoms with E-state index in [2.05, 4.69) is 13.8 Å². The van der Waals surface area contributed by atoms with E-state index in [1.54, 1.807) is 6.08 Å². The smallest absolute Gasteiger partial charge is 0.292 e. The Balaban J connectivity index is 1.78. The molecule has 4 rings (SSSR count). The lowest BCUT2D eigenvalue weighted by Gasteiger charge is -2.66. The van der Waals surface area contributed by atoms with Crippen LogP contribution in [-0.2, 0) is 11.2 Å². The van der Waals surface area contributed by atoms with Gasteiger partial charge in [-0.05, 0) is 45.6 Å². The second-order valence-electron chi connectivity index (χ2n) is 10.2. The summed E-state index contributed by atoms with van der Waals surface area (Å²) in [5, 5.41) is 11.9. The fourth-order valence-corrected chi connectivity index (χ4v) is 6.28. The number of ketones is 1. The van der Waals surface area contributed by atoms with Gasteiger partial charge in [-0.15, -0.1) is 0 Å². The van der Waals surface area contributed by atoms with Crippen LogP contribution in [0.4, 0.5) is 0 Å². The molecule has 1 aromatic heterocycles. The largest absolute Gasteiger partial charge is 0.458 e. The molecule has 1 aromatic rings. The van der Waals surface area contributed by atoms with Gasteiger partial charge in [0.1, 0.15) is 17.1 Å². The van der Waals surface area contributed by atoms with Crippen molar-refractivity contribution < 1.29 is 19.1 Å². The Bertz CT molecular complexity index is 999. The van der Waals surface area contributed by atoms with Crippen LogP contribution >= 0.6 is 0 Å². The molecule has 0 aromatic carbocycles. The van der Waals surface area contributed by atoms with Crippen molar-refractivity contribution in [1.29, 1.82) is 0 Å². The predicted molar refractivity (Wildman–Crippen MR) is 115 cm³/mol. The van der Waals surface area contributed by atoms with E-state index in [0.29, 0.717) is 49.4 Å². The maximum Gasteiger partial charge on any atom is 0.292 e. The molecule has 2 aliphatic carbocycles. The number of carbonyl (C=O) groups is 1. The highest BCUT2D eigenvalue weighted by Crippen LogP contribution is 2.65. The number of hydrogen-bond acceptors (Lipinski definition) is 5. The normalized spacial score (nSPS) is 37.5. The van der Waals surface area contributed by atoms with E-state index in [1.165, 1.54) is 6.07 Å². The first kappa shape index (κ1) is 21.1. The van der Waals surface area contributed by atoms with E-state index >= 15 is 0 Å². The molecule has 5 heteroatoms. The zero-order valence-electron chi connectivity index (χ0n) is 18.6. The molecule has 0 spiro atoms. The predicted octanol–water partition coefficient (Wildman–Crippen LogP) is 4.46. The van der Waals surface area contributed by atoms with E-state index in [-0.39, 0.29) is 17.1 Å². The molecule has 0 bridgehead atoms. The molecule has 0 amide bonds. The van der Waals surface area contributed by atoms with Crippen LogP contribution in [0.5, 0.6) is 5.95 Å². The fourth-order valence-electron chi connectivity index (χ4n) is 6.28. The third-order valence-electron chi connectivity index (χ3n) is 8.36. The standard InChI is InChI=1S/C25H32O5/c1-6-7-8-9-16-14-18(26)17-15-19-23(4)11-10-20(27)22(2,3)25(23,28)13-12-24(19,5)30-21(17)29-16/h6-9,14,19,28H,10-13,15H2,1-5H3/b7-6+,9-8+/t19-,23-,24-,25-/m1/s1. The summed E-state index contributed by atoms with van der Waals surface area (Å²) in [6, 6.07) is 1.50. The van der Waals surface area contributed by atoms with Crippen LogP contribution in [0.2, 0.25) is 0 Å². The first-order chi connectivity index (χ1) is 14.0. The summed E-state index contributed by atoms with van der Waals surface area (Å²) >= 11 is 0. The minimum absolute atomic E-state index is 0.0871. The second-order valence-corrected chi connectivity index (χ2v) is 10.2. The topological polar surface area (TPSA) is 76.7 Å². The average molecular weight is 413 g/mol. The number of carbonyl (C=O) groups excluding carboxylic acids is 1. The zero-order valence-corrected chi connectivity index (χ0v) is 18.6. The van der Waals surface area contributed by atoms with E-state index in [9.17, 15) is 14.7 Å². The number of aliphatic hydroxyl groups is 1. The summed E-state index contributed by atoms with van der Waals surface area (Å²) in [6.07, 6.45) is 9.93. The van der Waals surface area contributed by atoms with Gasteiger partial charge in [-0.1, -0.05) is 39.0 Å². The molecular formula is C25H32O5. The number of Topliss-reactive ketones (excluding diaryl/α,β-unsaturated/α-hetero) is 1. The van der Waals surface area contributed by atoms with Crippen LogP contribution in [0, 0.1) is 16.7 Å². The molecule has 162 valence electrons. The Hall–Kier alpha value is -2.14. The van der Waals surface area contributed by atoms with Crippen LogP contribution in [0.1, 0.15) is 71.6 Å².